The molecule has 1 N–H and O–H groups in total. The maximum atomic E-state index is 3.79. The fourth-order valence-electron chi connectivity index (χ4n) is 1.90. The summed E-state index contributed by atoms with van der Waals surface area (Å²) >= 11 is 0. The van der Waals surface area contributed by atoms with Gasteiger partial charge in [0.05, 0.1) is 0 Å². The molecular formula is C16H32N2. The zero-order valence-corrected chi connectivity index (χ0v) is 12.7. The molecule has 0 fully saturated rings. The zero-order chi connectivity index (χ0) is 13.9. The van der Waals surface area contributed by atoms with Crippen molar-refractivity contribution in [1.29, 1.82) is 0 Å². The Morgan fingerprint density at radius 1 is 0.944 bits per heavy atom. The highest BCUT2D eigenvalue weighted by molar-refractivity contribution is 4.79. The average molecular weight is 252 g/mol. The molecule has 0 bridgehead atoms. The van der Waals surface area contributed by atoms with E-state index in [-0.39, 0.29) is 5.54 Å². The fraction of sp³-hybridized carbons (Fsp3) is 0.750. The van der Waals surface area contributed by atoms with Crippen molar-refractivity contribution in [2.24, 2.45) is 0 Å². The minimum absolute atomic E-state index is 0.255. The Hall–Kier alpha value is -0.600. The van der Waals surface area contributed by atoms with Gasteiger partial charge in [0.1, 0.15) is 0 Å². The smallest absolute Gasteiger partial charge is 0.0163 e. The molecular weight excluding hydrogens is 220 g/mol. The van der Waals surface area contributed by atoms with E-state index in [4.69, 9.17) is 0 Å². The first kappa shape index (κ1) is 17.4. The van der Waals surface area contributed by atoms with Crippen LogP contribution in [0.5, 0.6) is 0 Å². The van der Waals surface area contributed by atoms with Gasteiger partial charge in [0, 0.05) is 18.6 Å². The van der Waals surface area contributed by atoms with Crippen LogP contribution >= 0.6 is 0 Å². The van der Waals surface area contributed by atoms with Crippen molar-refractivity contribution in [2.75, 3.05) is 26.2 Å². The third-order valence-corrected chi connectivity index (χ3v) is 2.83. The van der Waals surface area contributed by atoms with Gasteiger partial charge in [-0.3, -0.25) is 4.90 Å². The van der Waals surface area contributed by atoms with Crippen LogP contribution in [0.4, 0.5) is 0 Å². The lowest BCUT2D eigenvalue weighted by Crippen LogP contribution is -2.36. The van der Waals surface area contributed by atoms with E-state index in [0.717, 1.165) is 26.2 Å². The Morgan fingerprint density at radius 2 is 1.50 bits per heavy atom. The fourth-order valence-corrected chi connectivity index (χ4v) is 1.90. The third-order valence-electron chi connectivity index (χ3n) is 2.83. The normalized spacial score (nSPS) is 11.8. The first-order valence-electron chi connectivity index (χ1n) is 7.19. The molecule has 0 rings (SSSR count). The van der Waals surface area contributed by atoms with E-state index in [1.54, 1.807) is 0 Å². The highest BCUT2D eigenvalue weighted by atomic mass is 15.1. The van der Waals surface area contributed by atoms with E-state index in [9.17, 15) is 0 Å². The minimum Gasteiger partial charge on any atom is -0.312 e. The molecule has 18 heavy (non-hydrogen) atoms. The summed E-state index contributed by atoms with van der Waals surface area (Å²) in [4.78, 5) is 2.38. The Morgan fingerprint density at radius 3 is 2.00 bits per heavy atom. The summed E-state index contributed by atoms with van der Waals surface area (Å²) in [6.07, 6.45) is 9.13. The number of hydrogen-bond donors (Lipinski definition) is 1. The van der Waals surface area contributed by atoms with Crippen LogP contribution in [0, 0.1) is 0 Å². The quantitative estimate of drug-likeness (QED) is 0.446. The van der Waals surface area contributed by atoms with Gasteiger partial charge in [-0.1, -0.05) is 25.0 Å². The summed E-state index contributed by atoms with van der Waals surface area (Å²) in [5, 5.41) is 3.53. The van der Waals surface area contributed by atoms with Crippen molar-refractivity contribution in [3.63, 3.8) is 0 Å². The van der Waals surface area contributed by atoms with E-state index >= 15 is 0 Å². The number of nitrogens with zero attached hydrogens (tertiary/aromatic N) is 1. The predicted molar refractivity (Wildman–Crippen MR) is 83.1 cm³/mol. The molecule has 0 radical (unpaired) electrons. The third kappa shape index (κ3) is 11.9. The molecule has 0 amide bonds. The van der Waals surface area contributed by atoms with Gasteiger partial charge in [0.2, 0.25) is 0 Å². The summed E-state index contributed by atoms with van der Waals surface area (Å²) in [5.41, 5.74) is 0.255. The molecule has 0 aliphatic rings. The maximum Gasteiger partial charge on any atom is 0.0163 e. The molecule has 0 aliphatic heterocycles. The first-order valence-corrected chi connectivity index (χ1v) is 7.19. The van der Waals surface area contributed by atoms with Crippen molar-refractivity contribution >= 4 is 0 Å². The molecule has 0 saturated heterocycles. The van der Waals surface area contributed by atoms with Crippen LogP contribution in [-0.4, -0.2) is 36.6 Å². The zero-order valence-electron chi connectivity index (χ0n) is 12.7. The van der Waals surface area contributed by atoms with Gasteiger partial charge in [-0.25, -0.2) is 0 Å². The largest absolute Gasteiger partial charge is 0.312 e. The topological polar surface area (TPSA) is 15.3 Å². The maximum absolute atomic E-state index is 3.79. The van der Waals surface area contributed by atoms with Crippen LogP contribution in [0.2, 0.25) is 0 Å². The van der Waals surface area contributed by atoms with Crippen LogP contribution < -0.4 is 5.32 Å². The van der Waals surface area contributed by atoms with Crippen LogP contribution in [0.25, 0.3) is 0 Å². The second kappa shape index (κ2) is 10.3. The van der Waals surface area contributed by atoms with Gasteiger partial charge in [-0.05, 0) is 46.7 Å². The Kier molecular flexibility index (Phi) is 9.99. The van der Waals surface area contributed by atoms with Crippen LogP contribution in [-0.2, 0) is 0 Å². The molecule has 0 atom stereocenters. The molecule has 2 heteroatoms. The monoisotopic (exact) mass is 252 g/mol. The highest BCUT2D eigenvalue weighted by Gasteiger charge is 2.06. The summed E-state index contributed by atoms with van der Waals surface area (Å²) in [5.74, 6) is 0. The van der Waals surface area contributed by atoms with Crippen molar-refractivity contribution in [3.8, 4) is 0 Å². The standard InChI is InChI=1S/C16H32N2/c1-6-13-18(14-7-2)15-11-9-8-10-12-17-16(3,4)5/h6-7,17H,1-2,8-15H2,3-5H3. The molecule has 2 nitrogen and oxygen atoms in total. The van der Waals surface area contributed by atoms with E-state index in [1.807, 2.05) is 12.2 Å². The molecule has 0 aromatic rings. The lowest BCUT2D eigenvalue weighted by molar-refractivity contribution is 0.323. The minimum atomic E-state index is 0.255. The number of rotatable bonds is 11. The Bertz CT molecular complexity index is 206. The van der Waals surface area contributed by atoms with Crippen LogP contribution in [0.1, 0.15) is 46.5 Å². The summed E-state index contributed by atoms with van der Waals surface area (Å²) < 4.78 is 0. The Balaban J connectivity index is 3.42. The summed E-state index contributed by atoms with van der Waals surface area (Å²) in [7, 11) is 0. The van der Waals surface area contributed by atoms with Gasteiger partial charge in [0.15, 0.2) is 0 Å². The van der Waals surface area contributed by atoms with E-state index in [1.165, 1.54) is 25.7 Å². The second-order valence-electron chi connectivity index (χ2n) is 5.93. The van der Waals surface area contributed by atoms with Crippen LogP contribution in [0.3, 0.4) is 0 Å². The van der Waals surface area contributed by atoms with Gasteiger partial charge in [-0.15, -0.1) is 13.2 Å². The van der Waals surface area contributed by atoms with Crippen molar-refractivity contribution < 1.29 is 0 Å². The van der Waals surface area contributed by atoms with Crippen molar-refractivity contribution in [3.05, 3.63) is 25.3 Å². The predicted octanol–water partition coefficient (Wildman–Crippen LogP) is 3.61. The molecule has 0 aliphatic carbocycles. The van der Waals surface area contributed by atoms with E-state index in [0.29, 0.717) is 0 Å². The molecule has 0 heterocycles. The summed E-state index contributed by atoms with van der Waals surface area (Å²) in [6, 6.07) is 0. The van der Waals surface area contributed by atoms with E-state index in [2.05, 4.69) is 44.1 Å². The number of nitrogens with one attached hydrogen (secondary N) is 1. The van der Waals surface area contributed by atoms with Gasteiger partial charge in [0.25, 0.3) is 0 Å². The molecule has 0 aromatic heterocycles. The summed E-state index contributed by atoms with van der Waals surface area (Å²) in [6.45, 7) is 18.5. The second-order valence-corrected chi connectivity index (χ2v) is 5.93. The molecule has 106 valence electrons. The van der Waals surface area contributed by atoms with Crippen LogP contribution in [0.15, 0.2) is 25.3 Å². The SMILES string of the molecule is C=CCN(CC=C)CCCCCCNC(C)(C)C. The van der Waals surface area contributed by atoms with Gasteiger partial charge < -0.3 is 5.32 Å². The van der Waals surface area contributed by atoms with E-state index < -0.39 is 0 Å². The Labute approximate surface area is 114 Å². The molecule has 0 aromatic carbocycles. The van der Waals surface area contributed by atoms with Gasteiger partial charge >= 0.3 is 0 Å². The van der Waals surface area contributed by atoms with Crippen molar-refractivity contribution in [2.45, 2.75) is 52.0 Å². The molecule has 0 unspecified atom stereocenters. The number of unbranched alkanes of at least 4 members (excludes halogenated alkanes) is 3. The van der Waals surface area contributed by atoms with Gasteiger partial charge in [-0.2, -0.15) is 0 Å². The average Bonchev–Trinajstić information content (AvgIpc) is 2.26. The lowest BCUT2D eigenvalue weighted by Gasteiger charge is -2.20. The lowest BCUT2D eigenvalue weighted by atomic mass is 10.1. The molecule has 0 saturated carbocycles. The highest BCUT2D eigenvalue weighted by Crippen LogP contribution is 2.04. The first-order chi connectivity index (χ1) is 8.49. The van der Waals surface area contributed by atoms with Crippen molar-refractivity contribution in [1.82, 2.24) is 10.2 Å². The molecule has 0 spiro atoms. The number of hydrogen-bond acceptors (Lipinski definition) is 2.